The fraction of sp³-hybridized carbons (Fsp3) is 0.455. The van der Waals surface area contributed by atoms with E-state index in [1.54, 1.807) is 35.8 Å². The molecule has 2 aromatic rings. The van der Waals surface area contributed by atoms with Crippen molar-refractivity contribution in [3.05, 3.63) is 24.0 Å². The van der Waals surface area contributed by atoms with Crippen LogP contribution < -0.4 is 5.32 Å². The molecule has 8 heteroatoms. The molecule has 1 amide bonds. The van der Waals surface area contributed by atoms with E-state index in [0.29, 0.717) is 24.1 Å². The van der Waals surface area contributed by atoms with Gasteiger partial charge in [-0.25, -0.2) is 0 Å². The normalized spacial score (nSPS) is 10.9. The van der Waals surface area contributed by atoms with Crippen molar-refractivity contribution in [1.29, 1.82) is 0 Å². The van der Waals surface area contributed by atoms with Crippen LogP contribution in [0.15, 0.2) is 16.8 Å². The Labute approximate surface area is 110 Å². The Morgan fingerprint density at radius 1 is 1.58 bits per heavy atom. The van der Waals surface area contributed by atoms with E-state index in [9.17, 15) is 4.79 Å². The number of likely N-dealkylation sites (N-methyl/N-ethyl adjacent to an activating group) is 1. The molecule has 0 atom stereocenters. The Kier molecular flexibility index (Phi) is 3.91. The number of rotatable bonds is 5. The third-order valence-electron chi connectivity index (χ3n) is 2.38. The summed E-state index contributed by atoms with van der Waals surface area (Å²) in [5.74, 6) is 1.48. The second-order valence-electron chi connectivity index (χ2n) is 4.32. The van der Waals surface area contributed by atoms with Crippen molar-refractivity contribution in [3.63, 3.8) is 0 Å². The Morgan fingerprint density at radius 3 is 2.95 bits per heavy atom. The second-order valence-corrected chi connectivity index (χ2v) is 4.32. The molecule has 19 heavy (non-hydrogen) atoms. The van der Waals surface area contributed by atoms with Crippen LogP contribution in [0.1, 0.15) is 11.7 Å². The molecule has 0 aromatic carbocycles. The van der Waals surface area contributed by atoms with Crippen LogP contribution in [0.3, 0.4) is 0 Å². The summed E-state index contributed by atoms with van der Waals surface area (Å²) in [5.41, 5.74) is 0. The van der Waals surface area contributed by atoms with Gasteiger partial charge in [-0.1, -0.05) is 5.16 Å². The highest BCUT2D eigenvalue weighted by molar-refractivity contribution is 5.91. The Hall–Kier alpha value is -2.22. The molecular formula is C11H16N6O2. The van der Waals surface area contributed by atoms with Crippen LogP contribution in [0.4, 0.5) is 5.82 Å². The van der Waals surface area contributed by atoms with Crippen molar-refractivity contribution in [2.45, 2.75) is 13.5 Å². The molecular weight excluding hydrogens is 248 g/mol. The molecule has 0 saturated carbocycles. The topological polar surface area (TPSA) is 89.1 Å². The van der Waals surface area contributed by atoms with Crippen molar-refractivity contribution in [3.8, 4) is 0 Å². The number of carbonyl (C=O) groups excluding carboxylic acids is 1. The summed E-state index contributed by atoms with van der Waals surface area (Å²) < 4.78 is 6.49. The summed E-state index contributed by atoms with van der Waals surface area (Å²) in [6.45, 7) is 2.40. The maximum Gasteiger partial charge on any atom is 0.239 e. The van der Waals surface area contributed by atoms with E-state index in [-0.39, 0.29) is 12.5 Å². The van der Waals surface area contributed by atoms with Crippen LogP contribution in [0.2, 0.25) is 0 Å². The van der Waals surface area contributed by atoms with Gasteiger partial charge < -0.3 is 9.84 Å². The first-order valence-electron chi connectivity index (χ1n) is 5.80. The SMILES string of the molecule is Cc1nc(CN(C)CC(=O)Nc2ccn(C)n2)no1. The van der Waals surface area contributed by atoms with Crippen molar-refractivity contribution < 1.29 is 9.32 Å². The summed E-state index contributed by atoms with van der Waals surface area (Å²) in [4.78, 5) is 17.6. The van der Waals surface area contributed by atoms with E-state index in [0.717, 1.165) is 0 Å². The summed E-state index contributed by atoms with van der Waals surface area (Å²) in [6, 6.07) is 1.74. The number of nitrogens with zero attached hydrogens (tertiary/aromatic N) is 5. The lowest BCUT2D eigenvalue weighted by molar-refractivity contribution is -0.117. The zero-order valence-corrected chi connectivity index (χ0v) is 11.1. The van der Waals surface area contributed by atoms with Gasteiger partial charge in [0.1, 0.15) is 0 Å². The van der Waals surface area contributed by atoms with Gasteiger partial charge in [0.2, 0.25) is 11.8 Å². The smallest absolute Gasteiger partial charge is 0.239 e. The van der Waals surface area contributed by atoms with E-state index in [1.165, 1.54) is 0 Å². The molecule has 0 aliphatic carbocycles. The van der Waals surface area contributed by atoms with Gasteiger partial charge in [0, 0.05) is 26.2 Å². The molecule has 0 fully saturated rings. The van der Waals surface area contributed by atoms with Crippen LogP contribution in [0, 0.1) is 6.92 Å². The third-order valence-corrected chi connectivity index (χ3v) is 2.38. The largest absolute Gasteiger partial charge is 0.340 e. The van der Waals surface area contributed by atoms with Gasteiger partial charge in [0.05, 0.1) is 13.1 Å². The second kappa shape index (κ2) is 5.61. The summed E-state index contributed by atoms with van der Waals surface area (Å²) >= 11 is 0. The van der Waals surface area contributed by atoms with Crippen LogP contribution in [0.5, 0.6) is 0 Å². The van der Waals surface area contributed by atoms with E-state index in [4.69, 9.17) is 4.52 Å². The average molecular weight is 264 g/mol. The van der Waals surface area contributed by atoms with Crippen molar-refractivity contribution in [2.75, 3.05) is 18.9 Å². The zero-order valence-electron chi connectivity index (χ0n) is 11.1. The van der Waals surface area contributed by atoms with Gasteiger partial charge in [-0.05, 0) is 7.05 Å². The highest BCUT2D eigenvalue weighted by Crippen LogP contribution is 2.02. The number of anilines is 1. The number of hydrogen-bond acceptors (Lipinski definition) is 6. The fourth-order valence-electron chi connectivity index (χ4n) is 1.61. The summed E-state index contributed by atoms with van der Waals surface area (Å²) in [6.07, 6.45) is 1.77. The third kappa shape index (κ3) is 3.88. The molecule has 0 spiro atoms. The van der Waals surface area contributed by atoms with Gasteiger partial charge in [0.25, 0.3) is 0 Å². The van der Waals surface area contributed by atoms with Crippen LogP contribution in [-0.4, -0.2) is 44.3 Å². The van der Waals surface area contributed by atoms with Crippen LogP contribution >= 0.6 is 0 Å². The van der Waals surface area contributed by atoms with Gasteiger partial charge in [-0.3, -0.25) is 14.4 Å². The average Bonchev–Trinajstić information content (AvgIpc) is 2.87. The zero-order chi connectivity index (χ0) is 13.8. The molecule has 2 aromatic heterocycles. The van der Waals surface area contributed by atoms with Crippen molar-refractivity contribution in [1.82, 2.24) is 24.8 Å². The van der Waals surface area contributed by atoms with Gasteiger partial charge >= 0.3 is 0 Å². The quantitative estimate of drug-likeness (QED) is 0.828. The minimum absolute atomic E-state index is 0.138. The van der Waals surface area contributed by atoms with Crippen LogP contribution in [-0.2, 0) is 18.4 Å². The standard InChI is InChI=1S/C11H16N6O2/c1-8-12-10(15-19-8)6-16(2)7-11(18)13-9-4-5-17(3)14-9/h4-5H,6-7H2,1-3H3,(H,13,14,18). The van der Waals surface area contributed by atoms with E-state index in [1.807, 2.05) is 7.05 Å². The van der Waals surface area contributed by atoms with E-state index in [2.05, 4.69) is 20.6 Å². The van der Waals surface area contributed by atoms with Crippen molar-refractivity contribution in [2.24, 2.45) is 7.05 Å². The number of carbonyl (C=O) groups is 1. The lowest BCUT2D eigenvalue weighted by atomic mass is 10.4. The first kappa shape index (κ1) is 13.2. The first-order valence-corrected chi connectivity index (χ1v) is 5.80. The fourth-order valence-corrected chi connectivity index (χ4v) is 1.61. The first-order chi connectivity index (χ1) is 9.02. The van der Waals surface area contributed by atoms with E-state index >= 15 is 0 Å². The molecule has 102 valence electrons. The number of aromatic nitrogens is 4. The molecule has 0 aliphatic rings. The highest BCUT2D eigenvalue weighted by atomic mass is 16.5. The minimum atomic E-state index is -0.138. The molecule has 2 heterocycles. The molecule has 8 nitrogen and oxygen atoms in total. The maximum absolute atomic E-state index is 11.8. The Morgan fingerprint density at radius 2 is 2.37 bits per heavy atom. The molecule has 0 radical (unpaired) electrons. The predicted molar refractivity (Wildman–Crippen MR) is 67.2 cm³/mol. The highest BCUT2D eigenvalue weighted by Gasteiger charge is 2.11. The molecule has 0 aliphatic heterocycles. The monoisotopic (exact) mass is 264 g/mol. The number of hydrogen-bond donors (Lipinski definition) is 1. The maximum atomic E-state index is 11.8. The molecule has 0 saturated heterocycles. The van der Waals surface area contributed by atoms with Crippen LogP contribution in [0.25, 0.3) is 0 Å². The van der Waals surface area contributed by atoms with Crippen molar-refractivity contribution >= 4 is 11.7 Å². The number of nitrogens with one attached hydrogen (secondary N) is 1. The lowest BCUT2D eigenvalue weighted by Gasteiger charge is -2.13. The minimum Gasteiger partial charge on any atom is -0.340 e. The lowest BCUT2D eigenvalue weighted by Crippen LogP contribution is -2.30. The van der Waals surface area contributed by atoms with Gasteiger partial charge in [-0.15, -0.1) is 0 Å². The molecule has 2 rings (SSSR count). The predicted octanol–water partition coefficient (Wildman–Crippen LogP) is 0.182. The van der Waals surface area contributed by atoms with Gasteiger partial charge in [0.15, 0.2) is 11.6 Å². The van der Waals surface area contributed by atoms with Gasteiger partial charge in [-0.2, -0.15) is 10.1 Å². The number of amides is 1. The molecule has 0 bridgehead atoms. The molecule has 1 N–H and O–H groups in total. The number of aryl methyl sites for hydroxylation is 2. The summed E-state index contributed by atoms with van der Waals surface area (Å²) in [7, 11) is 3.60. The summed E-state index contributed by atoms with van der Waals surface area (Å²) in [5, 5.41) is 10.6. The Balaban J connectivity index is 1.81. The Bertz CT molecular complexity index is 561. The molecule has 0 unspecified atom stereocenters. The van der Waals surface area contributed by atoms with E-state index < -0.39 is 0 Å².